The number of rotatable bonds is 3. The van der Waals surface area contributed by atoms with Crippen molar-refractivity contribution in [1.29, 1.82) is 0 Å². The molecule has 4 aromatic rings. The molecule has 0 unspecified atom stereocenters. The van der Waals surface area contributed by atoms with Crippen LogP contribution in [0.1, 0.15) is 32.6 Å². The third kappa shape index (κ3) is 3.84. The zero-order valence-corrected chi connectivity index (χ0v) is 17.5. The lowest BCUT2D eigenvalue weighted by Gasteiger charge is -2.13. The van der Waals surface area contributed by atoms with E-state index in [1.54, 1.807) is 31.2 Å². The highest BCUT2D eigenvalue weighted by Crippen LogP contribution is 2.31. The fourth-order valence-corrected chi connectivity index (χ4v) is 3.97. The van der Waals surface area contributed by atoms with E-state index >= 15 is 0 Å². The summed E-state index contributed by atoms with van der Waals surface area (Å²) in [5.41, 5.74) is 7.09. The van der Waals surface area contributed by atoms with E-state index in [2.05, 4.69) is 45.0 Å². The summed E-state index contributed by atoms with van der Waals surface area (Å²) in [6, 6.07) is 20.5. The van der Waals surface area contributed by atoms with Crippen LogP contribution in [-0.4, -0.2) is 5.97 Å². The van der Waals surface area contributed by atoms with E-state index in [4.69, 9.17) is 4.74 Å². The molecule has 0 bridgehead atoms. The Bertz CT molecular complexity index is 1260. The van der Waals surface area contributed by atoms with Gasteiger partial charge in [-0.2, -0.15) is 0 Å². The molecule has 150 valence electrons. The molecule has 4 rings (SSSR count). The highest BCUT2D eigenvalue weighted by Gasteiger charge is 2.12. The molecule has 0 atom stereocenters. The van der Waals surface area contributed by atoms with Gasteiger partial charge in [0.15, 0.2) is 0 Å². The van der Waals surface area contributed by atoms with Crippen molar-refractivity contribution in [2.45, 2.75) is 27.7 Å². The number of ether oxygens (including phenoxy) is 1. The molecule has 30 heavy (non-hydrogen) atoms. The van der Waals surface area contributed by atoms with Gasteiger partial charge in [-0.15, -0.1) is 0 Å². The summed E-state index contributed by atoms with van der Waals surface area (Å²) in [5.74, 6) is -0.702. The lowest BCUT2D eigenvalue weighted by molar-refractivity contribution is 0.0734. The number of benzene rings is 4. The normalized spacial score (nSPS) is 11.0. The number of hydrogen-bond donors (Lipinski definition) is 0. The van der Waals surface area contributed by atoms with Crippen LogP contribution in [0.5, 0.6) is 5.75 Å². The Balaban J connectivity index is 1.65. The number of halogens is 1. The lowest BCUT2D eigenvalue weighted by Crippen LogP contribution is -2.08. The highest BCUT2D eigenvalue weighted by molar-refractivity contribution is 5.97. The Hall–Kier alpha value is -3.46. The van der Waals surface area contributed by atoms with Crippen LogP contribution >= 0.6 is 0 Å². The second-order valence-electron chi connectivity index (χ2n) is 7.85. The molecular weight excluding hydrogens is 375 g/mol. The van der Waals surface area contributed by atoms with E-state index in [-0.39, 0.29) is 5.75 Å². The molecule has 0 saturated heterocycles. The summed E-state index contributed by atoms with van der Waals surface area (Å²) in [5, 5.41) is 2.00. The third-order valence-electron chi connectivity index (χ3n) is 5.40. The molecule has 0 spiro atoms. The van der Waals surface area contributed by atoms with Gasteiger partial charge in [0.2, 0.25) is 0 Å². The Morgan fingerprint density at radius 3 is 2.10 bits per heavy atom. The summed E-state index contributed by atoms with van der Waals surface area (Å²) in [4.78, 5) is 12.5. The summed E-state index contributed by atoms with van der Waals surface area (Å²) < 4.78 is 19.0. The van der Waals surface area contributed by atoms with Gasteiger partial charge in [0.05, 0.1) is 5.56 Å². The molecule has 4 aromatic carbocycles. The molecule has 3 heteroatoms. The molecule has 0 heterocycles. The quantitative estimate of drug-likeness (QED) is 0.272. The van der Waals surface area contributed by atoms with E-state index < -0.39 is 11.8 Å². The van der Waals surface area contributed by atoms with Crippen LogP contribution in [-0.2, 0) is 0 Å². The monoisotopic (exact) mass is 398 g/mol. The Morgan fingerprint density at radius 2 is 1.40 bits per heavy atom. The molecule has 0 amide bonds. The van der Waals surface area contributed by atoms with Crippen molar-refractivity contribution >= 4 is 16.7 Å². The van der Waals surface area contributed by atoms with Crippen molar-refractivity contribution in [1.82, 2.24) is 0 Å². The Morgan fingerprint density at radius 1 is 0.733 bits per heavy atom. The molecule has 0 saturated carbocycles. The predicted molar refractivity (Wildman–Crippen MR) is 120 cm³/mol. The van der Waals surface area contributed by atoms with Gasteiger partial charge in [-0.1, -0.05) is 42.0 Å². The van der Waals surface area contributed by atoms with Gasteiger partial charge in [-0.3, -0.25) is 0 Å². The van der Waals surface area contributed by atoms with Crippen molar-refractivity contribution in [2.24, 2.45) is 0 Å². The number of carbonyl (C=O) groups is 1. The van der Waals surface area contributed by atoms with Gasteiger partial charge in [0.1, 0.15) is 11.6 Å². The molecule has 0 aliphatic rings. The van der Waals surface area contributed by atoms with Crippen LogP contribution in [0.3, 0.4) is 0 Å². The van der Waals surface area contributed by atoms with Gasteiger partial charge in [0, 0.05) is 6.07 Å². The van der Waals surface area contributed by atoms with Crippen molar-refractivity contribution in [3.63, 3.8) is 0 Å². The summed E-state index contributed by atoms with van der Waals surface area (Å²) >= 11 is 0. The van der Waals surface area contributed by atoms with Crippen molar-refractivity contribution in [3.05, 3.63) is 100 Å². The van der Waals surface area contributed by atoms with E-state index in [1.807, 2.05) is 12.1 Å². The molecule has 0 N–H and O–H groups in total. The van der Waals surface area contributed by atoms with Gasteiger partial charge >= 0.3 is 5.97 Å². The van der Waals surface area contributed by atoms with Crippen LogP contribution in [0.4, 0.5) is 4.39 Å². The predicted octanol–water partition coefficient (Wildman–Crippen LogP) is 7.10. The SMILES string of the molecule is Cc1cc(C)c(-c2ccc3cc(C(=O)Oc4ccc(C)c(F)c4)ccc3c2)c(C)c1. The number of carbonyl (C=O) groups excluding carboxylic acids is 1. The molecule has 0 aliphatic heterocycles. The topological polar surface area (TPSA) is 26.3 Å². The lowest BCUT2D eigenvalue weighted by atomic mass is 9.92. The third-order valence-corrected chi connectivity index (χ3v) is 5.40. The maximum Gasteiger partial charge on any atom is 0.343 e. The van der Waals surface area contributed by atoms with Crippen LogP contribution in [0, 0.1) is 33.5 Å². The molecular formula is C27H23FO2. The molecule has 0 fully saturated rings. The van der Waals surface area contributed by atoms with Gasteiger partial charge in [-0.25, -0.2) is 9.18 Å². The first kappa shape index (κ1) is 19.8. The maximum absolute atomic E-state index is 13.7. The fraction of sp³-hybridized carbons (Fsp3) is 0.148. The minimum absolute atomic E-state index is 0.198. The van der Waals surface area contributed by atoms with E-state index in [0.29, 0.717) is 11.1 Å². The van der Waals surface area contributed by atoms with Crippen LogP contribution in [0.25, 0.3) is 21.9 Å². The molecule has 0 aromatic heterocycles. The first-order chi connectivity index (χ1) is 14.3. The molecule has 0 radical (unpaired) electrons. The second-order valence-corrected chi connectivity index (χ2v) is 7.85. The maximum atomic E-state index is 13.7. The van der Waals surface area contributed by atoms with Gasteiger partial charge < -0.3 is 4.74 Å². The van der Waals surface area contributed by atoms with Crippen molar-refractivity contribution in [3.8, 4) is 16.9 Å². The summed E-state index contributed by atoms with van der Waals surface area (Å²) in [6.45, 7) is 8.03. The number of fused-ring (bicyclic) bond motifs is 1. The highest BCUT2D eigenvalue weighted by atomic mass is 19.1. The zero-order valence-electron chi connectivity index (χ0n) is 17.5. The van der Waals surface area contributed by atoms with E-state index in [9.17, 15) is 9.18 Å². The van der Waals surface area contributed by atoms with E-state index in [0.717, 1.165) is 16.3 Å². The van der Waals surface area contributed by atoms with Gasteiger partial charge in [-0.05, 0) is 90.6 Å². The van der Waals surface area contributed by atoms with Crippen molar-refractivity contribution in [2.75, 3.05) is 0 Å². The van der Waals surface area contributed by atoms with Crippen LogP contribution in [0.2, 0.25) is 0 Å². The number of esters is 1. The average Bonchev–Trinajstić information content (AvgIpc) is 2.69. The summed E-state index contributed by atoms with van der Waals surface area (Å²) in [6.07, 6.45) is 0. The standard InChI is InChI=1S/C27H23FO2/c1-16-11-18(3)26(19(4)12-16)22-8-6-21-14-23(9-7-20(21)13-22)27(29)30-24-10-5-17(2)25(28)15-24/h5-15H,1-4H3. The number of hydrogen-bond acceptors (Lipinski definition) is 2. The smallest absolute Gasteiger partial charge is 0.343 e. The van der Waals surface area contributed by atoms with Crippen LogP contribution in [0.15, 0.2) is 66.7 Å². The first-order valence-corrected chi connectivity index (χ1v) is 9.92. The Labute approximate surface area is 175 Å². The molecule has 2 nitrogen and oxygen atoms in total. The Kier molecular flexibility index (Phi) is 5.13. The van der Waals surface area contributed by atoms with Crippen molar-refractivity contribution < 1.29 is 13.9 Å². The van der Waals surface area contributed by atoms with E-state index in [1.165, 1.54) is 28.3 Å². The molecule has 0 aliphatic carbocycles. The summed E-state index contributed by atoms with van der Waals surface area (Å²) in [7, 11) is 0. The minimum atomic E-state index is -0.505. The fourth-order valence-electron chi connectivity index (χ4n) is 3.97. The zero-order chi connectivity index (χ0) is 21.4. The first-order valence-electron chi connectivity index (χ1n) is 9.92. The minimum Gasteiger partial charge on any atom is -0.423 e. The largest absolute Gasteiger partial charge is 0.423 e. The van der Waals surface area contributed by atoms with Gasteiger partial charge in [0.25, 0.3) is 0 Å². The van der Waals surface area contributed by atoms with Crippen LogP contribution < -0.4 is 4.74 Å². The average molecular weight is 398 g/mol. The second kappa shape index (κ2) is 7.75. The number of aryl methyl sites for hydroxylation is 4.